The van der Waals surface area contributed by atoms with Crippen LogP contribution in [-0.4, -0.2) is 34.7 Å². The molecule has 1 aromatic rings. The number of ketones is 1. The number of carbonyl (C=O) groups is 2. The van der Waals surface area contributed by atoms with Gasteiger partial charge in [-0.25, -0.2) is 4.79 Å². The summed E-state index contributed by atoms with van der Waals surface area (Å²) < 4.78 is 4.45. The first-order chi connectivity index (χ1) is 10.2. The molecule has 0 radical (unpaired) electrons. The standard InChI is InChI=1S/C14H11Cl3O5/c1-22-13(20)14(21)4-6(9(18)5-14)12(19)10-7(15)2-3-8(16)11(10)17/h2-4,12,19,21H,5H2,1H3/t12?,14-/m1/s1. The summed E-state index contributed by atoms with van der Waals surface area (Å²) in [5.41, 5.74) is -2.27. The van der Waals surface area contributed by atoms with E-state index < -0.39 is 29.9 Å². The highest BCUT2D eigenvalue weighted by Gasteiger charge is 2.46. The number of ether oxygens (including phenoxy) is 1. The van der Waals surface area contributed by atoms with Crippen molar-refractivity contribution in [3.05, 3.63) is 44.4 Å². The van der Waals surface area contributed by atoms with E-state index >= 15 is 0 Å². The van der Waals surface area contributed by atoms with Gasteiger partial charge in [0.05, 0.1) is 23.6 Å². The molecule has 0 saturated carbocycles. The van der Waals surface area contributed by atoms with Gasteiger partial charge in [-0.2, -0.15) is 0 Å². The fraction of sp³-hybridized carbons (Fsp3) is 0.286. The third-order valence-electron chi connectivity index (χ3n) is 3.33. The molecule has 5 nitrogen and oxygen atoms in total. The zero-order valence-corrected chi connectivity index (χ0v) is 13.5. The quantitative estimate of drug-likeness (QED) is 0.635. The van der Waals surface area contributed by atoms with Crippen molar-refractivity contribution in [3.8, 4) is 0 Å². The Balaban J connectivity index is 2.48. The van der Waals surface area contributed by atoms with Crippen LogP contribution in [0.5, 0.6) is 0 Å². The van der Waals surface area contributed by atoms with Gasteiger partial charge in [0.15, 0.2) is 11.4 Å². The van der Waals surface area contributed by atoms with Gasteiger partial charge in [0.2, 0.25) is 0 Å². The van der Waals surface area contributed by atoms with E-state index in [4.69, 9.17) is 34.8 Å². The number of esters is 1. The fourth-order valence-electron chi connectivity index (χ4n) is 2.22. The molecular formula is C14H11Cl3O5. The molecule has 0 aliphatic heterocycles. The molecule has 0 bridgehead atoms. The minimum absolute atomic E-state index is 0.0103. The lowest BCUT2D eigenvalue weighted by molar-refractivity contribution is -0.158. The van der Waals surface area contributed by atoms with Crippen LogP contribution in [-0.2, 0) is 14.3 Å². The Morgan fingerprint density at radius 2 is 1.91 bits per heavy atom. The van der Waals surface area contributed by atoms with Gasteiger partial charge in [-0.15, -0.1) is 0 Å². The second-order valence-electron chi connectivity index (χ2n) is 4.77. The van der Waals surface area contributed by atoms with Crippen LogP contribution in [0.1, 0.15) is 18.1 Å². The van der Waals surface area contributed by atoms with Crippen LogP contribution in [0.25, 0.3) is 0 Å². The third-order valence-corrected chi connectivity index (χ3v) is 4.48. The van der Waals surface area contributed by atoms with Crippen molar-refractivity contribution < 1.29 is 24.5 Å². The molecule has 0 fully saturated rings. The number of halogens is 3. The Kier molecular flexibility index (Phi) is 4.84. The molecule has 2 atom stereocenters. The van der Waals surface area contributed by atoms with E-state index in [1.807, 2.05) is 0 Å². The van der Waals surface area contributed by atoms with Gasteiger partial charge in [-0.3, -0.25) is 4.79 Å². The average molecular weight is 366 g/mol. The maximum absolute atomic E-state index is 12.0. The highest BCUT2D eigenvalue weighted by atomic mass is 35.5. The van der Waals surface area contributed by atoms with E-state index in [0.717, 1.165) is 13.2 Å². The molecule has 2 N–H and O–H groups in total. The first-order valence-electron chi connectivity index (χ1n) is 6.09. The fourth-order valence-corrected chi connectivity index (χ4v) is 2.97. The summed E-state index contributed by atoms with van der Waals surface area (Å²) in [4.78, 5) is 23.6. The second kappa shape index (κ2) is 6.18. The number of benzene rings is 1. The molecule has 22 heavy (non-hydrogen) atoms. The lowest BCUT2D eigenvalue weighted by Crippen LogP contribution is -2.36. The summed E-state index contributed by atoms with van der Waals surface area (Å²) >= 11 is 17.9. The predicted octanol–water partition coefficient (Wildman–Crippen LogP) is 2.48. The molecule has 1 aromatic carbocycles. The average Bonchev–Trinajstić information content (AvgIpc) is 2.78. The summed E-state index contributed by atoms with van der Waals surface area (Å²) in [7, 11) is 1.08. The van der Waals surface area contributed by atoms with Crippen LogP contribution in [0, 0.1) is 0 Å². The maximum Gasteiger partial charge on any atom is 0.342 e. The topological polar surface area (TPSA) is 83.8 Å². The highest BCUT2D eigenvalue weighted by Crippen LogP contribution is 2.41. The molecule has 0 amide bonds. The predicted molar refractivity (Wildman–Crippen MR) is 81.1 cm³/mol. The number of rotatable bonds is 3. The highest BCUT2D eigenvalue weighted by molar-refractivity contribution is 6.44. The van der Waals surface area contributed by atoms with Crippen molar-refractivity contribution in [2.24, 2.45) is 0 Å². The zero-order valence-electron chi connectivity index (χ0n) is 11.3. The van der Waals surface area contributed by atoms with E-state index in [-0.39, 0.29) is 26.2 Å². The van der Waals surface area contributed by atoms with Gasteiger partial charge >= 0.3 is 5.97 Å². The van der Waals surface area contributed by atoms with E-state index in [2.05, 4.69) is 4.74 Å². The van der Waals surface area contributed by atoms with Gasteiger partial charge in [-0.05, 0) is 18.2 Å². The number of aliphatic hydroxyl groups is 2. The normalized spacial score (nSPS) is 22.5. The Hall–Kier alpha value is -1.11. The monoisotopic (exact) mass is 364 g/mol. The van der Waals surface area contributed by atoms with Crippen molar-refractivity contribution in [3.63, 3.8) is 0 Å². The van der Waals surface area contributed by atoms with Gasteiger partial charge in [0, 0.05) is 16.2 Å². The first kappa shape index (κ1) is 17.2. The minimum atomic E-state index is -2.11. The lowest BCUT2D eigenvalue weighted by Gasteiger charge is -2.16. The summed E-state index contributed by atoms with van der Waals surface area (Å²) in [6.07, 6.45) is -1.09. The van der Waals surface area contributed by atoms with Crippen LogP contribution < -0.4 is 0 Å². The van der Waals surface area contributed by atoms with Crippen molar-refractivity contribution in [2.75, 3.05) is 7.11 Å². The van der Waals surface area contributed by atoms with Crippen molar-refractivity contribution in [1.29, 1.82) is 0 Å². The van der Waals surface area contributed by atoms with Crippen LogP contribution in [0.15, 0.2) is 23.8 Å². The molecule has 1 aliphatic carbocycles. The molecular weight excluding hydrogens is 355 g/mol. The van der Waals surface area contributed by atoms with Crippen LogP contribution in [0.3, 0.4) is 0 Å². The smallest absolute Gasteiger partial charge is 0.342 e. The molecule has 0 spiro atoms. The number of hydrogen-bond donors (Lipinski definition) is 2. The van der Waals surface area contributed by atoms with E-state index in [9.17, 15) is 19.8 Å². The van der Waals surface area contributed by atoms with Crippen molar-refractivity contribution in [2.45, 2.75) is 18.1 Å². The minimum Gasteiger partial charge on any atom is -0.467 e. The summed E-state index contributed by atoms with van der Waals surface area (Å²) in [5.74, 6) is -1.61. The lowest BCUT2D eigenvalue weighted by atomic mass is 10.0. The Bertz CT molecular complexity index is 685. The number of hydrogen-bond acceptors (Lipinski definition) is 5. The zero-order chi connectivity index (χ0) is 16.7. The van der Waals surface area contributed by atoms with E-state index in [1.54, 1.807) is 0 Å². The molecule has 118 valence electrons. The van der Waals surface area contributed by atoms with Gasteiger partial charge < -0.3 is 14.9 Å². The Labute approximate surface area is 141 Å². The SMILES string of the molecule is COC(=O)[C@@]1(O)C=C(C(O)c2c(Cl)ccc(Cl)c2Cl)C(=O)C1. The molecule has 1 aliphatic rings. The van der Waals surface area contributed by atoms with Crippen molar-refractivity contribution in [1.82, 2.24) is 0 Å². The van der Waals surface area contributed by atoms with Crippen LogP contribution in [0.2, 0.25) is 15.1 Å². The Morgan fingerprint density at radius 3 is 2.50 bits per heavy atom. The molecule has 1 unspecified atom stereocenters. The second-order valence-corrected chi connectivity index (χ2v) is 5.97. The van der Waals surface area contributed by atoms with E-state index in [1.165, 1.54) is 12.1 Å². The van der Waals surface area contributed by atoms with Gasteiger partial charge in [0.25, 0.3) is 0 Å². The number of Topliss-reactive ketones (excluding diaryl/α,β-unsaturated/α-hetero) is 1. The molecule has 0 saturated heterocycles. The van der Waals surface area contributed by atoms with Crippen LogP contribution in [0.4, 0.5) is 0 Å². The number of aliphatic hydroxyl groups excluding tert-OH is 1. The van der Waals surface area contributed by atoms with E-state index in [0.29, 0.717) is 0 Å². The summed E-state index contributed by atoms with van der Waals surface area (Å²) in [6, 6.07) is 2.86. The Morgan fingerprint density at radius 1 is 1.32 bits per heavy atom. The number of carbonyl (C=O) groups excluding carboxylic acids is 2. The van der Waals surface area contributed by atoms with Gasteiger partial charge in [-0.1, -0.05) is 34.8 Å². The molecule has 0 aromatic heterocycles. The first-order valence-corrected chi connectivity index (χ1v) is 7.23. The van der Waals surface area contributed by atoms with Crippen molar-refractivity contribution >= 4 is 46.6 Å². The number of methoxy groups -OCH3 is 1. The largest absolute Gasteiger partial charge is 0.467 e. The third kappa shape index (κ3) is 2.87. The van der Waals surface area contributed by atoms with Crippen LogP contribution >= 0.6 is 34.8 Å². The molecule has 2 rings (SSSR count). The molecule has 8 heteroatoms. The maximum atomic E-state index is 12.0. The molecule has 0 heterocycles. The summed E-state index contributed by atoms with van der Waals surface area (Å²) in [6.45, 7) is 0. The van der Waals surface area contributed by atoms with Gasteiger partial charge in [0.1, 0.15) is 6.10 Å². The summed E-state index contributed by atoms with van der Waals surface area (Å²) in [5, 5.41) is 20.7.